The SMILES string of the molecule is CCOC(=O)c1c(NC(=O)CSc2ncnc3sccc23)sc(C)c1-c1ccc(C)cc1. The Balaban J connectivity index is 1.59. The van der Waals surface area contributed by atoms with Crippen molar-refractivity contribution in [2.24, 2.45) is 0 Å². The molecule has 164 valence electrons. The zero-order valence-corrected chi connectivity index (χ0v) is 20.2. The summed E-state index contributed by atoms with van der Waals surface area (Å²) in [5.41, 5.74) is 3.25. The normalized spacial score (nSPS) is 11.0. The molecule has 1 aromatic carbocycles. The maximum atomic E-state index is 12.8. The first kappa shape index (κ1) is 22.4. The van der Waals surface area contributed by atoms with Crippen molar-refractivity contribution in [2.75, 3.05) is 17.7 Å². The van der Waals surface area contributed by atoms with Gasteiger partial charge in [0.2, 0.25) is 5.91 Å². The van der Waals surface area contributed by atoms with Crippen LogP contribution in [0, 0.1) is 13.8 Å². The first-order valence-corrected chi connectivity index (χ1v) is 12.6. The molecule has 1 amide bonds. The van der Waals surface area contributed by atoms with Crippen LogP contribution in [0.2, 0.25) is 0 Å². The van der Waals surface area contributed by atoms with E-state index in [9.17, 15) is 9.59 Å². The van der Waals surface area contributed by atoms with Crippen LogP contribution in [-0.4, -0.2) is 34.2 Å². The summed E-state index contributed by atoms with van der Waals surface area (Å²) in [6, 6.07) is 9.92. The van der Waals surface area contributed by atoms with Gasteiger partial charge >= 0.3 is 5.97 Å². The number of aromatic nitrogens is 2. The molecule has 0 atom stereocenters. The molecule has 0 aliphatic rings. The molecule has 0 aliphatic carbocycles. The van der Waals surface area contributed by atoms with Crippen LogP contribution in [0.15, 0.2) is 47.1 Å². The summed E-state index contributed by atoms with van der Waals surface area (Å²) < 4.78 is 5.31. The van der Waals surface area contributed by atoms with Gasteiger partial charge in [-0.05, 0) is 37.8 Å². The third kappa shape index (κ3) is 4.69. The quantitative estimate of drug-likeness (QED) is 0.199. The molecule has 0 unspecified atom stereocenters. The number of hydrogen-bond acceptors (Lipinski definition) is 8. The van der Waals surface area contributed by atoms with Crippen molar-refractivity contribution in [2.45, 2.75) is 25.8 Å². The zero-order valence-electron chi connectivity index (χ0n) is 17.8. The number of rotatable bonds is 7. The van der Waals surface area contributed by atoms with Crippen LogP contribution in [0.1, 0.15) is 27.7 Å². The van der Waals surface area contributed by atoms with E-state index in [1.807, 2.05) is 49.6 Å². The molecule has 0 spiro atoms. The summed E-state index contributed by atoms with van der Waals surface area (Å²) >= 11 is 4.27. The van der Waals surface area contributed by atoms with E-state index in [-0.39, 0.29) is 18.3 Å². The topological polar surface area (TPSA) is 81.2 Å². The van der Waals surface area contributed by atoms with Crippen LogP contribution < -0.4 is 5.32 Å². The van der Waals surface area contributed by atoms with Crippen LogP contribution >= 0.6 is 34.4 Å². The molecular weight excluding hydrogens is 462 g/mol. The number of carbonyl (C=O) groups is 2. The maximum Gasteiger partial charge on any atom is 0.341 e. The number of aryl methyl sites for hydroxylation is 2. The van der Waals surface area contributed by atoms with E-state index >= 15 is 0 Å². The minimum absolute atomic E-state index is 0.168. The van der Waals surface area contributed by atoms with E-state index in [0.29, 0.717) is 10.6 Å². The number of esters is 1. The zero-order chi connectivity index (χ0) is 22.7. The minimum atomic E-state index is -0.439. The molecule has 6 nitrogen and oxygen atoms in total. The molecule has 0 radical (unpaired) electrons. The lowest BCUT2D eigenvalue weighted by Gasteiger charge is -2.09. The van der Waals surface area contributed by atoms with E-state index in [4.69, 9.17) is 4.74 Å². The van der Waals surface area contributed by atoms with Gasteiger partial charge in [-0.15, -0.1) is 22.7 Å². The van der Waals surface area contributed by atoms with E-state index < -0.39 is 5.97 Å². The second kappa shape index (κ2) is 9.81. The van der Waals surface area contributed by atoms with Gasteiger partial charge in [-0.2, -0.15) is 0 Å². The second-order valence-electron chi connectivity index (χ2n) is 6.98. The lowest BCUT2D eigenvalue weighted by atomic mass is 10.0. The Hall–Kier alpha value is -2.75. The Bertz CT molecular complexity index is 1280. The first-order valence-electron chi connectivity index (χ1n) is 9.96. The molecule has 0 bridgehead atoms. The van der Waals surface area contributed by atoms with Gasteiger partial charge in [-0.1, -0.05) is 41.6 Å². The van der Waals surface area contributed by atoms with Crippen LogP contribution in [0.25, 0.3) is 21.3 Å². The number of thiophene rings is 2. The summed E-state index contributed by atoms with van der Waals surface area (Å²) in [6.45, 7) is 5.99. The standard InChI is InChI=1S/C23H21N3O3S3/c1-4-29-23(28)19-18(15-7-5-13(2)6-8-15)14(3)32-22(19)26-17(27)11-31-21-16-9-10-30-20(16)24-12-25-21/h5-10,12H,4,11H2,1-3H3,(H,26,27). The molecular formula is C23H21N3O3S3. The molecule has 0 saturated heterocycles. The molecule has 4 aromatic rings. The van der Waals surface area contributed by atoms with Gasteiger partial charge in [0.05, 0.1) is 12.4 Å². The fourth-order valence-corrected chi connectivity index (χ4v) is 5.94. The number of hydrogen-bond donors (Lipinski definition) is 1. The number of nitrogens with zero attached hydrogens (tertiary/aromatic N) is 2. The molecule has 3 aromatic heterocycles. The number of carbonyl (C=O) groups excluding carboxylic acids is 2. The summed E-state index contributed by atoms with van der Waals surface area (Å²) in [5.74, 6) is -0.480. The van der Waals surface area contributed by atoms with Gasteiger partial charge in [0.25, 0.3) is 0 Å². The van der Waals surface area contributed by atoms with Crippen molar-refractivity contribution in [3.05, 3.63) is 58.0 Å². The Morgan fingerprint density at radius 3 is 2.66 bits per heavy atom. The number of fused-ring (bicyclic) bond motifs is 1. The van der Waals surface area contributed by atoms with Crippen molar-refractivity contribution in [1.82, 2.24) is 9.97 Å². The monoisotopic (exact) mass is 483 g/mol. The van der Waals surface area contributed by atoms with Crippen LogP contribution in [-0.2, 0) is 9.53 Å². The average molecular weight is 484 g/mol. The van der Waals surface area contributed by atoms with Crippen molar-refractivity contribution in [3.63, 3.8) is 0 Å². The lowest BCUT2D eigenvalue weighted by molar-refractivity contribution is -0.113. The predicted molar refractivity (Wildman–Crippen MR) is 132 cm³/mol. The predicted octanol–water partition coefficient (Wildman–Crippen LogP) is 5.94. The van der Waals surface area contributed by atoms with Gasteiger partial charge in [-0.3, -0.25) is 4.79 Å². The highest BCUT2D eigenvalue weighted by atomic mass is 32.2. The summed E-state index contributed by atoms with van der Waals surface area (Å²) in [4.78, 5) is 36.0. The fraction of sp³-hybridized carbons (Fsp3) is 0.217. The first-order chi connectivity index (χ1) is 15.5. The molecule has 4 rings (SSSR count). The third-order valence-electron chi connectivity index (χ3n) is 4.72. The largest absolute Gasteiger partial charge is 0.462 e. The highest BCUT2D eigenvalue weighted by Crippen LogP contribution is 2.40. The van der Waals surface area contributed by atoms with E-state index in [2.05, 4.69) is 15.3 Å². The smallest absolute Gasteiger partial charge is 0.341 e. The van der Waals surface area contributed by atoms with Gasteiger partial charge in [0, 0.05) is 15.8 Å². The Morgan fingerprint density at radius 1 is 1.12 bits per heavy atom. The van der Waals surface area contributed by atoms with E-state index in [1.165, 1.54) is 40.8 Å². The van der Waals surface area contributed by atoms with Crippen molar-refractivity contribution in [1.29, 1.82) is 0 Å². The van der Waals surface area contributed by atoms with Crippen LogP contribution in [0.5, 0.6) is 0 Å². The van der Waals surface area contributed by atoms with Crippen molar-refractivity contribution in [3.8, 4) is 11.1 Å². The summed E-state index contributed by atoms with van der Waals surface area (Å²) in [5, 5.41) is 7.09. The lowest BCUT2D eigenvalue weighted by Crippen LogP contribution is -2.16. The highest BCUT2D eigenvalue weighted by molar-refractivity contribution is 8.00. The molecule has 9 heteroatoms. The molecule has 0 fully saturated rings. The number of amides is 1. The molecule has 0 aliphatic heterocycles. The van der Waals surface area contributed by atoms with Crippen LogP contribution in [0.3, 0.4) is 0 Å². The van der Waals surface area contributed by atoms with Crippen molar-refractivity contribution >= 4 is 61.5 Å². The maximum absolute atomic E-state index is 12.8. The minimum Gasteiger partial charge on any atom is -0.462 e. The Labute approximate surface area is 198 Å². The second-order valence-corrected chi connectivity index (χ2v) is 10.1. The number of nitrogens with one attached hydrogen (secondary N) is 1. The number of ether oxygens (including phenoxy) is 1. The number of anilines is 1. The van der Waals surface area contributed by atoms with Gasteiger partial charge in [0.1, 0.15) is 26.7 Å². The fourth-order valence-electron chi connectivity index (χ4n) is 3.28. The summed E-state index contributed by atoms with van der Waals surface area (Å²) in [7, 11) is 0. The molecule has 1 N–H and O–H groups in total. The third-order valence-corrected chi connectivity index (χ3v) is 7.57. The molecule has 0 saturated carbocycles. The van der Waals surface area contributed by atoms with E-state index in [1.54, 1.807) is 6.92 Å². The average Bonchev–Trinajstić information content (AvgIpc) is 3.37. The van der Waals surface area contributed by atoms with Gasteiger partial charge in [0.15, 0.2) is 0 Å². The number of benzene rings is 1. The summed E-state index contributed by atoms with van der Waals surface area (Å²) in [6.07, 6.45) is 1.51. The highest BCUT2D eigenvalue weighted by Gasteiger charge is 2.25. The van der Waals surface area contributed by atoms with Gasteiger partial charge < -0.3 is 10.1 Å². The number of thioether (sulfide) groups is 1. The molecule has 32 heavy (non-hydrogen) atoms. The Morgan fingerprint density at radius 2 is 1.91 bits per heavy atom. The van der Waals surface area contributed by atoms with Crippen LogP contribution in [0.4, 0.5) is 5.00 Å². The molecule has 3 heterocycles. The van der Waals surface area contributed by atoms with Crippen molar-refractivity contribution < 1.29 is 14.3 Å². The van der Waals surface area contributed by atoms with Gasteiger partial charge in [-0.25, -0.2) is 14.8 Å². The van der Waals surface area contributed by atoms with E-state index in [0.717, 1.165) is 36.8 Å². The Kier molecular flexibility index (Phi) is 6.88.